The van der Waals surface area contributed by atoms with Gasteiger partial charge in [0.1, 0.15) is 17.0 Å². The highest BCUT2D eigenvalue weighted by atomic mass is 19.1. The van der Waals surface area contributed by atoms with Crippen molar-refractivity contribution < 1.29 is 19.4 Å². The molecule has 1 aromatic carbocycles. The molecule has 0 amide bonds. The van der Waals surface area contributed by atoms with Gasteiger partial charge in [0.25, 0.3) is 0 Å². The average molecular weight is 424 g/mol. The summed E-state index contributed by atoms with van der Waals surface area (Å²) >= 11 is 0. The fraction of sp³-hybridized carbons (Fsp3) is 0.318. The summed E-state index contributed by atoms with van der Waals surface area (Å²) in [6, 6.07) is 7.66. The second-order valence-corrected chi connectivity index (χ2v) is 8.25. The number of benzene rings is 1. The molecule has 2 aromatic heterocycles. The van der Waals surface area contributed by atoms with Crippen LogP contribution in [0.4, 0.5) is 10.2 Å². The van der Waals surface area contributed by atoms with Crippen LogP contribution in [0, 0.1) is 5.82 Å². The zero-order chi connectivity index (χ0) is 21.9. The zero-order valence-electron chi connectivity index (χ0n) is 16.5. The lowest BCUT2D eigenvalue weighted by Gasteiger charge is -2.20. The molecule has 4 N–H and O–H groups in total. The summed E-state index contributed by atoms with van der Waals surface area (Å²) in [6.07, 6.45) is 3.01. The van der Waals surface area contributed by atoms with Gasteiger partial charge in [-0.15, -0.1) is 0 Å². The van der Waals surface area contributed by atoms with Gasteiger partial charge in [0.15, 0.2) is 11.6 Å². The van der Waals surface area contributed by atoms with Crippen molar-refractivity contribution in [2.24, 2.45) is 5.73 Å². The first kappa shape index (κ1) is 19.5. The lowest BCUT2D eigenvalue weighted by molar-refractivity contribution is 0.0695. The lowest BCUT2D eigenvalue weighted by atomic mass is 9.95. The molecule has 1 saturated heterocycles. The number of halogens is 1. The number of hydrogen-bond acceptors (Lipinski definition) is 6. The molecule has 2 atom stereocenters. The molecule has 3 heterocycles. The predicted molar refractivity (Wildman–Crippen MR) is 112 cm³/mol. The largest absolute Gasteiger partial charge is 0.508 e. The summed E-state index contributed by atoms with van der Waals surface area (Å²) in [5, 5.41) is 18.8. The number of hydrogen-bond donors (Lipinski definition) is 3. The van der Waals surface area contributed by atoms with Crippen LogP contribution >= 0.6 is 0 Å². The highest BCUT2D eigenvalue weighted by Crippen LogP contribution is 2.38. The molecule has 1 aliphatic carbocycles. The van der Waals surface area contributed by atoms with Gasteiger partial charge in [-0.05, 0) is 36.6 Å². The van der Waals surface area contributed by atoms with E-state index in [1.807, 2.05) is 0 Å². The fourth-order valence-electron chi connectivity index (χ4n) is 4.32. The maximum atomic E-state index is 15.1. The third-order valence-electron chi connectivity index (χ3n) is 6.10. The van der Waals surface area contributed by atoms with E-state index in [4.69, 9.17) is 5.73 Å². The Labute approximate surface area is 176 Å². The Kier molecular flexibility index (Phi) is 4.44. The molecule has 2 aliphatic rings. The van der Waals surface area contributed by atoms with Gasteiger partial charge < -0.3 is 25.4 Å². The van der Waals surface area contributed by atoms with Gasteiger partial charge in [0.05, 0.1) is 5.39 Å². The van der Waals surface area contributed by atoms with E-state index in [2.05, 4.69) is 4.98 Å². The summed E-state index contributed by atoms with van der Waals surface area (Å²) in [4.78, 5) is 30.3. The molecule has 0 bridgehead atoms. The number of anilines is 1. The van der Waals surface area contributed by atoms with Crippen LogP contribution in [0.5, 0.6) is 5.75 Å². The molecule has 5 rings (SSSR count). The summed E-state index contributed by atoms with van der Waals surface area (Å²) < 4.78 is 16.7. The number of fused-ring (bicyclic) bond motifs is 1. The molecule has 0 radical (unpaired) electrons. The van der Waals surface area contributed by atoms with Crippen molar-refractivity contribution in [3.05, 3.63) is 63.7 Å². The number of nitrogens with two attached hydrogens (primary N) is 1. The summed E-state index contributed by atoms with van der Waals surface area (Å²) in [5.41, 5.74) is 6.43. The van der Waals surface area contributed by atoms with E-state index in [1.54, 1.807) is 33.7 Å². The number of aromatic carboxylic acids is 1. The minimum Gasteiger partial charge on any atom is -0.508 e. The van der Waals surface area contributed by atoms with Crippen LogP contribution in [0.2, 0.25) is 0 Å². The first-order chi connectivity index (χ1) is 14.8. The second kappa shape index (κ2) is 7.05. The standard InChI is InChI=1S/C22H21FN4O4/c23-17-7-14-19(29)16(22(30)31)9-27(12-3-4-12)20(14)25-21(17)26-8-15(18(24)10-26)11-1-5-13(28)6-2-11/h1-2,5-7,9,12,15,18,28H,3-4,8,10,24H2,(H,30,31). The number of aromatic hydroxyl groups is 1. The number of phenols is 1. The maximum absolute atomic E-state index is 15.1. The van der Waals surface area contributed by atoms with E-state index in [-0.39, 0.29) is 46.2 Å². The van der Waals surface area contributed by atoms with Gasteiger partial charge in [-0.25, -0.2) is 14.2 Å². The van der Waals surface area contributed by atoms with Crippen LogP contribution < -0.4 is 16.1 Å². The van der Waals surface area contributed by atoms with Crippen LogP contribution in [0.1, 0.15) is 40.7 Å². The number of carbonyl (C=O) groups is 1. The average Bonchev–Trinajstić information content (AvgIpc) is 3.50. The summed E-state index contributed by atoms with van der Waals surface area (Å²) in [7, 11) is 0. The summed E-state index contributed by atoms with van der Waals surface area (Å²) in [5.74, 6) is -1.84. The van der Waals surface area contributed by atoms with E-state index >= 15 is 4.39 Å². The third kappa shape index (κ3) is 3.31. The highest BCUT2D eigenvalue weighted by Gasteiger charge is 2.34. The van der Waals surface area contributed by atoms with Gasteiger partial charge in [-0.2, -0.15) is 0 Å². The summed E-state index contributed by atoms with van der Waals surface area (Å²) in [6.45, 7) is 0.810. The molecule has 8 nitrogen and oxygen atoms in total. The molecule has 3 aromatic rings. The minimum atomic E-state index is -1.34. The minimum absolute atomic E-state index is 0.0355. The van der Waals surface area contributed by atoms with Crippen molar-refractivity contribution in [2.75, 3.05) is 18.0 Å². The van der Waals surface area contributed by atoms with E-state index in [0.29, 0.717) is 13.1 Å². The Morgan fingerprint density at radius 2 is 1.90 bits per heavy atom. The van der Waals surface area contributed by atoms with Crippen LogP contribution in [0.15, 0.2) is 41.3 Å². The third-order valence-corrected chi connectivity index (χ3v) is 6.10. The van der Waals surface area contributed by atoms with E-state index in [9.17, 15) is 19.8 Å². The first-order valence-electron chi connectivity index (χ1n) is 10.1. The lowest BCUT2D eigenvalue weighted by Crippen LogP contribution is -2.29. The van der Waals surface area contributed by atoms with Crippen molar-refractivity contribution in [2.45, 2.75) is 30.8 Å². The van der Waals surface area contributed by atoms with Crippen LogP contribution in [0.25, 0.3) is 11.0 Å². The number of nitrogens with zero attached hydrogens (tertiary/aromatic N) is 3. The van der Waals surface area contributed by atoms with E-state index < -0.39 is 17.2 Å². The monoisotopic (exact) mass is 424 g/mol. The molecule has 2 unspecified atom stereocenters. The van der Waals surface area contributed by atoms with Crippen molar-refractivity contribution in [1.82, 2.24) is 9.55 Å². The van der Waals surface area contributed by atoms with Crippen LogP contribution in [-0.2, 0) is 0 Å². The number of carboxylic acids is 1. The van der Waals surface area contributed by atoms with Gasteiger partial charge in [-0.3, -0.25) is 4.79 Å². The molecule has 2 fully saturated rings. The predicted octanol–water partition coefficient (Wildman–Crippen LogP) is 2.21. The Morgan fingerprint density at radius 1 is 1.19 bits per heavy atom. The Bertz CT molecular complexity index is 1250. The van der Waals surface area contributed by atoms with E-state index in [1.165, 1.54) is 6.20 Å². The molecular formula is C22H21FN4O4. The van der Waals surface area contributed by atoms with Crippen molar-refractivity contribution in [1.29, 1.82) is 0 Å². The van der Waals surface area contributed by atoms with Crippen molar-refractivity contribution in [3.8, 4) is 5.75 Å². The normalized spacial score (nSPS) is 21.0. The molecule has 9 heteroatoms. The first-order valence-corrected chi connectivity index (χ1v) is 10.1. The van der Waals surface area contributed by atoms with E-state index in [0.717, 1.165) is 24.5 Å². The van der Waals surface area contributed by atoms with Gasteiger partial charge in [-0.1, -0.05) is 12.1 Å². The van der Waals surface area contributed by atoms with Gasteiger partial charge >= 0.3 is 5.97 Å². The number of rotatable bonds is 4. The number of carboxylic acid groups (broad SMARTS) is 1. The molecule has 1 saturated carbocycles. The Morgan fingerprint density at radius 3 is 2.55 bits per heavy atom. The van der Waals surface area contributed by atoms with Crippen LogP contribution in [0.3, 0.4) is 0 Å². The fourth-order valence-corrected chi connectivity index (χ4v) is 4.32. The smallest absolute Gasteiger partial charge is 0.341 e. The number of aromatic nitrogens is 2. The Balaban J connectivity index is 1.58. The highest BCUT2D eigenvalue weighted by molar-refractivity contribution is 5.92. The number of phenolic OH excluding ortho intramolecular Hbond substituents is 1. The van der Waals surface area contributed by atoms with Crippen LogP contribution in [-0.4, -0.2) is 44.9 Å². The van der Waals surface area contributed by atoms with Gasteiger partial charge in [0.2, 0.25) is 5.43 Å². The molecule has 1 aliphatic heterocycles. The topological polar surface area (TPSA) is 122 Å². The molecule has 0 spiro atoms. The second-order valence-electron chi connectivity index (χ2n) is 8.25. The zero-order valence-corrected chi connectivity index (χ0v) is 16.5. The number of pyridine rings is 2. The molecule has 31 heavy (non-hydrogen) atoms. The SMILES string of the molecule is NC1CN(c2nc3c(cc2F)c(=O)c(C(=O)O)cn3C2CC2)CC1c1ccc(O)cc1. The van der Waals surface area contributed by atoms with Crippen molar-refractivity contribution in [3.63, 3.8) is 0 Å². The molecule has 160 valence electrons. The Hall–Kier alpha value is -3.46. The molecular weight excluding hydrogens is 403 g/mol. The van der Waals surface area contributed by atoms with Crippen molar-refractivity contribution >= 4 is 22.8 Å². The quantitative estimate of drug-likeness (QED) is 0.587. The maximum Gasteiger partial charge on any atom is 0.341 e. The van der Waals surface area contributed by atoms with Gasteiger partial charge in [0, 0.05) is 37.3 Å².